The normalized spacial score (nSPS) is 13.5. The zero-order valence-corrected chi connectivity index (χ0v) is 11.6. The van der Waals surface area contributed by atoms with E-state index in [9.17, 15) is 14.4 Å². The van der Waals surface area contributed by atoms with E-state index in [-0.39, 0.29) is 17.6 Å². The van der Waals surface area contributed by atoms with Crippen LogP contribution in [0.2, 0.25) is 0 Å². The van der Waals surface area contributed by atoms with Gasteiger partial charge in [-0.15, -0.1) is 0 Å². The van der Waals surface area contributed by atoms with Gasteiger partial charge in [0.1, 0.15) is 6.04 Å². The molecule has 0 spiro atoms. The van der Waals surface area contributed by atoms with Gasteiger partial charge in [-0.3, -0.25) is 9.59 Å². The van der Waals surface area contributed by atoms with Gasteiger partial charge in [-0.2, -0.15) is 11.8 Å². The zero-order chi connectivity index (χ0) is 14.1. The lowest BCUT2D eigenvalue weighted by molar-refractivity contribution is -0.144. The van der Waals surface area contributed by atoms with Gasteiger partial charge in [0.25, 0.3) is 0 Å². The lowest BCUT2D eigenvalue weighted by atomic mass is 10.2. The molecule has 2 atom stereocenters. The van der Waals surface area contributed by atoms with E-state index in [4.69, 9.17) is 5.11 Å². The molecule has 0 aromatic carbocycles. The minimum absolute atomic E-state index is 0.0944. The number of methoxy groups -OCH3 is 1. The molecule has 0 bridgehead atoms. The monoisotopic (exact) mass is 277 g/mol. The Kier molecular flexibility index (Phi) is 8.19. The van der Waals surface area contributed by atoms with Gasteiger partial charge in [-0.25, -0.2) is 4.79 Å². The molecule has 0 aliphatic heterocycles. The molecule has 0 aromatic heterocycles. The van der Waals surface area contributed by atoms with E-state index in [0.717, 1.165) is 0 Å². The van der Waals surface area contributed by atoms with Crippen molar-refractivity contribution in [3.63, 3.8) is 0 Å². The van der Waals surface area contributed by atoms with E-state index in [0.29, 0.717) is 12.2 Å². The van der Waals surface area contributed by atoms with Crippen molar-refractivity contribution in [2.45, 2.75) is 38.0 Å². The van der Waals surface area contributed by atoms with Crippen LogP contribution in [0.3, 0.4) is 0 Å². The number of carbonyl (C=O) groups excluding carboxylic acids is 2. The number of rotatable bonds is 8. The maximum Gasteiger partial charge on any atom is 0.329 e. The molecule has 0 heterocycles. The molecule has 0 saturated carbocycles. The van der Waals surface area contributed by atoms with E-state index in [1.165, 1.54) is 25.8 Å². The molecule has 1 unspecified atom stereocenters. The minimum atomic E-state index is -0.839. The molecule has 6 nitrogen and oxygen atoms in total. The van der Waals surface area contributed by atoms with Crippen molar-refractivity contribution >= 4 is 29.6 Å². The third-order valence-electron chi connectivity index (χ3n) is 2.18. The maximum absolute atomic E-state index is 11.4. The van der Waals surface area contributed by atoms with Crippen molar-refractivity contribution in [1.82, 2.24) is 5.32 Å². The number of esters is 1. The molecule has 7 heteroatoms. The van der Waals surface area contributed by atoms with E-state index >= 15 is 0 Å². The average molecular weight is 277 g/mol. The molecule has 0 radical (unpaired) electrons. The standard InChI is InChI=1S/C11H19NO5S/c1-7(4-5-10(14)15)18-6-9(11(16)17-3)12-8(2)13/h7,9H,4-6H2,1-3H3,(H,12,13)(H,14,15)/t7?,9-/m0/s1. The van der Waals surface area contributed by atoms with Crippen molar-refractivity contribution in [3.8, 4) is 0 Å². The number of carboxylic acids is 1. The average Bonchev–Trinajstić information content (AvgIpc) is 2.30. The Hall–Kier alpha value is -1.24. The number of amides is 1. The second kappa shape index (κ2) is 8.79. The lowest BCUT2D eigenvalue weighted by Crippen LogP contribution is -2.42. The third kappa shape index (κ3) is 7.94. The first kappa shape index (κ1) is 16.8. The van der Waals surface area contributed by atoms with E-state index in [1.807, 2.05) is 6.92 Å². The second-order valence-corrected chi connectivity index (χ2v) is 5.32. The largest absolute Gasteiger partial charge is 0.481 e. The SMILES string of the molecule is COC(=O)[C@H](CSC(C)CCC(=O)O)NC(C)=O. The molecule has 104 valence electrons. The summed E-state index contributed by atoms with van der Waals surface area (Å²) < 4.78 is 4.58. The number of ether oxygens (including phenoxy) is 1. The van der Waals surface area contributed by atoms with Gasteiger partial charge in [0.2, 0.25) is 5.91 Å². The van der Waals surface area contributed by atoms with Crippen molar-refractivity contribution in [3.05, 3.63) is 0 Å². The van der Waals surface area contributed by atoms with Crippen LogP contribution in [0, 0.1) is 0 Å². The van der Waals surface area contributed by atoms with Crippen molar-refractivity contribution < 1.29 is 24.2 Å². The topological polar surface area (TPSA) is 92.7 Å². The molecular weight excluding hydrogens is 258 g/mol. The molecule has 0 aliphatic carbocycles. The summed E-state index contributed by atoms with van der Waals surface area (Å²) in [5.41, 5.74) is 0. The van der Waals surface area contributed by atoms with Crippen LogP contribution in [0.25, 0.3) is 0 Å². The summed E-state index contributed by atoms with van der Waals surface area (Å²) in [6.07, 6.45) is 0.616. The van der Waals surface area contributed by atoms with Gasteiger partial charge >= 0.3 is 11.9 Å². The Labute approximate surface area is 110 Å². The van der Waals surface area contributed by atoms with E-state index < -0.39 is 18.0 Å². The fraction of sp³-hybridized carbons (Fsp3) is 0.727. The van der Waals surface area contributed by atoms with Crippen molar-refractivity contribution in [1.29, 1.82) is 0 Å². The van der Waals surface area contributed by atoms with Gasteiger partial charge in [0, 0.05) is 24.3 Å². The Bertz CT molecular complexity index is 308. The highest BCUT2D eigenvalue weighted by atomic mass is 32.2. The highest BCUT2D eigenvalue weighted by Crippen LogP contribution is 2.17. The predicted molar refractivity (Wildman–Crippen MR) is 68.4 cm³/mol. The number of carboxylic acid groups (broad SMARTS) is 1. The molecule has 18 heavy (non-hydrogen) atoms. The van der Waals surface area contributed by atoms with Gasteiger partial charge in [0.05, 0.1) is 7.11 Å². The number of carbonyl (C=O) groups is 3. The Morgan fingerprint density at radius 1 is 1.39 bits per heavy atom. The van der Waals surface area contributed by atoms with Crippen LogP contribution >= 0.6 is 11.8 Å². The number of aliphatic carboxylic acids is 1. The van der Waals surface area contributed by atoms with Gasteiger partial charge in [-0.05, 0) is 6.42 Å². The quantitative estimate of drug-likeness (QED) is 0.633. The minimum Gasteiger partial charge on any atom is -0.481 e. The van der Waals surface area contributed by atoms with Gasteiger partial charge in [-0.1, -0.05) is 6.92 Å². The summed E-state index contributed by atoms with van der Waals surface area (Å²) in [5, 5.41) is 11.1. The smallest absolute Gasteiger partial charge is 0.329 e. The molecule has 0 aliphatic rings. The Balaban J connectivity index is 4.12. The van der Waals surface area contributed by atoms with Crippen LogP contribution in [0.1, 0.15) is 26.7 Å². The van der Waals surface area contributed by atoms with Crippen LogP contribution in [0.4, 0.5) is 0 Å². The predicted octanol–water partition coefficient (Wildman–Crippen LogP) is 0.651. The van der Waals surface area contributed by atoms with Crippen LogP contribution in [0.15, 0.2) is 0 Å². The summed E-state index contributed by atoms with van der Waals surface area (Å²) in [6.45, 7) is 3.21. The molecule has 1 amide bonds. The lowest BCUT2D eigenvalue weighted by Gasteiger charge is -2.17. The van der Waals surface area contributed by atoms with E-state index in [1.54, 1.807) is 0 Å². The molecule has 2 N–H and O–H groups in total. The first-order chi connectivity index (χ1) is 8.36. The first-order valence-electron chi connectivity index (χ1n) is 5.55. The zero-order valence-electron chi connectivity index (χ0n) is 10.8. The highest BCUT2D eigenvalue weighted by Gasteiger charge is 2.21. The van der Waals surface area contributed by atoms with Crippen LogP contribution < -0.4 is 5.32 Å². The van der Waals surface area contributed by atoms with Crippen LogP contribution in [0.5, 0.6) is 0 Å². The molecule has 0 aromatic rings. The van der Waals surface area contributed by atoms with Crippen LogP contribution in [-0.2, 0) is 19.1 Å². The molecule has 0 rings (SSSR count). The number of nitrogens with one attached hydrogen (secondary N) is 1. The Morgan fingerprint density at radius 2 is 2.00 bits per heavy atom. The summed E-state index contributed by atoms with van der Waals surface area (Å²) in [5.74, 6) is -1.27. The van der Waals surface area contributed by atoms with Gasteiger partial charge in [0.15, 0.2) is 0 Å². The number of hydrogen-bond donors (Lipinski definition) is 2. The summed E-state index contributed by atoms with van der Waals surface area (Å²) in [4.78, 5) is 32.7. The highest BCUT2D eigenvalue weighted by molar-refractivity contribution is 7.99. The fourth-order valence-corrected chi connectivity index (χ4v) is 2.25. The van der Waals surface area contributed by atoms with Crippen LogP contribution in [-0.4, -0.2) is 47.1 Å². The third-order valence-corrected chi connectivity index (χ3v) is 3.51. The number of thioether (sulfide) groups is 1. The molecule has 0 saturated heterocycles. The maximum atomic E-state index is 11.4. The summed E-state index contributed by atoms with van der Waals surface area (Å²) in [7, 11) is 1.26. The number of hydrogen-bond acceptors (Lipinski definition) is 5. The van der Waals surface area contributed by atoms with Crippen molar-refractivity contribution in [2.75, 3.05) is 12.9 Å². The Morgan fingerprint density at radius 3 is 2.44 bits per heavy atom. The van der Waals surface area contributed by atoms with Crippen molar-refractivity contribution in [2.24, 2.45) is 0 Å². The van der Waals surface area contributed by atoms with Gasteiger partial charge < -0.3 is 15.2 Å². The molecular formula is C11H19NO5S. The first-order valence-corrected chi connectivity index (χ1v) is 6.60. The van der Waals surface area contributed by atoms with E-state index in [2.05, 4.69) is 10.1 Å². The summed E-state index contributed by atoms with van der Waals surface area (Å²) in [6, 6.07) is -0.690. The second-order valence-electron chi connectivity index (χ2n) is 3.85. The molecule has 0 fully saturated rings. The fourth-order valence-electron chi connectivity index (χ4n) is 1.23. The summed E-state index contributed by atoms with van der Waals surface area (Å²) >= 11 is 1.43.